The number of aromatic nitrogens is 1. The number of nitrogens with one attached hydrogen (secondary N) is 1. The van der Waals surface area contributed by atoms with Crippen LogP contribution in [0.5, 0.6) is 0 Å². The number of rotatable bonds is 4. The fourth-order valence-electron chi connectivity index (χ4n) is 2.18. The van der Waals surface area contributed by atoms with Crippen LogP contribution in [0.15, 0.2) is 12.3 Å². The Kier molecular flexibility index (Phi) is 5.16. The van der Waals surface area contributed by atoms with Crippen LogP contribution < -0.4 is 5.32 Å². The summed E-state index contributed by atoms with van der Waals surface area (Å²) in [6.45, 7) is 2.69. The molecule has 0 spiro atoms. The highest BCUT2D eigenvalue weighted by molar-refractivity contribution is 6.30. The molecule has 1 aromatic rings. The third-order valence-electron chi connectivity index (χ3n) is 3.27. The second kappa shape index (κ2) is 6.87. The van der Waals surface area contributed by atoms with Gasteiger partial charge in [0.05, 0.1) is 18.0 Å². The number of aryl methyl sites for hydroxylation is 1. The van der Waals surface area contributed by atoms with Crippen molar-refractivity contribution < 1.29 is 9.53 Å². The molecular formula is C14H19ClN2O2. The standard InChI is InChI=1S/C14H19ClN2O2/c1-10-8-11(9-16-14(10)15)17-13(18)6-5-12-4-2-3-7-19-12/h8-9,12H,2-7H2,1H3,(H,17,18). The highest BCUT2D eigenvalue weighted by Crippen LogP contribution is 2.19. The first-order valence-corrected chi connectivity index (χ1v) is 7.06. The van der Waals surface area contributed by atoms with Gasteiger partial charge in [-0.15, -0.1) is 0 Å². The van der Waals surface area contributed by atoms with Gasteiger partial charge in [0, 0.05) is 13.0 Å². The number of carbonyl (C=O) groups excluding carboxylic acids is 1. The smallest absolute Gasteiger partial charge is 0.224 e. The molecule has 1 aliphatic rings. The van der Waals surface area contributed by atoms with Crippen LogP contribution in [-0.2, 0) is 9.53 Å². The molecule has 104 valence electrons. The molecule has 1 amide bonds. The molecule has 1 saturated heterocycles. The van der Waals surface area contributed by atoms with Crippen molar-refractivity contribution >= 4 is 23.2 Å². The van der Waals surface area contributed by atoms with Gasteiger partial charge in [-0.25, -0.2) is 4.98 Å². The first kappa shape index (κ1) is 14.3. The molecule has 5 heteroatoms. The van der Waals surface area contributed by atoms with Gasteiger partial charge in [-0.05, 0) is 44.2 Å². The lowest BCUT2D eigenvalue weighted by Crippen LogP contribution is -2.21. The van der Waals surface area contributed by atoms with Gasteiger partial charge in [0.15, 0.2) is 0 Å². The van der Waals surface area contributed by atoms with Crippen molar-refractivity contribution in [3.63, 3.8) is 0 Å². The normalized spacial score (nSPS) is 19.2. The Hall–Kier alpha value is -1.13. The number of pyridine rings is 1. The molecule has 0 aromatic carbocycles. The molecular weight excluding hydrogens is 264 g/mol. The number of halogens is 1. The summed E-state index contributed by atoms with van der Waals surface area (Å²) in [7, 11) is 0. The van der Waals surface area contributed by atoms with E-state index in [1.807, 2.05) is 13.0 Å². The van der Waals surface area contributed by atoms with E-state index in [2.05, 4.69) is 10.3 Å². The largest absolute Gasteiger partial charge is 0.378 e. The minimum Gasteiger partial charge on any atom is -0.378 e. The topological polar surface area (TPSA) is 51.2 Å². The quantitative estimate of drug-likeness (QED) is 0.862. The van der Waals surface area contributed by atoms with E-state index in [0.717, 1.165) is 31.4 Å². The van der Waals surface area contributed by atoms with E-state index in [-0.39, 0.29) is 12.0 Å². The zero-order chi connectivity index (χ0) is 13.7. The van der Waals surface area contributed by atoms with Gasteiger partial charge >= 0.3 is 0 Å². The maximum atomic E-state index is 11.8. The number of hydrogen-bond acceptors (Lipinski definition) is 3. The molecule has 1 atom stereocenters. The minimum absolute atomic E-state index is 0.00213. The lowest BCUT2D eigenvalue weighted by atomic mass is 10.0. The summed E-state index contributed by atoms with van der Waals surface area (Å²) >= 11 is 5.84. The molecule has 2 heterocycles. The molecule has 4 nitrogen and oxygen atoms in total. The minimum atomic E-state index is -0.00213. The van der Waals surface area contributed by atoms with Crippen LogP contribution in [-0.4, -0.2) is 23.6 Å². The number of carbonyl (C=O) groups is 1. The van der Waals surface area contributed by atoms with Gasteiger partial charge in [-0.3, -0.25) is 4.79 Å². The van der Waals surface area contributed by atoms with Crippen molar-refractivity contribution in [1.29, 1.82) is 0 Å². The van der Waals surface area contributed by atoms with Crippen molar-refractivity contribution in [3.8, 4) is 0 Å². The first-order chi connectivity index (χ1) is 9.15. The fraction of sp³-hybridized carbons (Fsp3) is 0.571. The van der Waals surface area contributed by atoms with E-state index in [1.54, 1.807) is 6.20 Å². The van der Waals surface area contributed by atoms with Crippen molar-refractivity contribution in [2.75, 3.05) is 11.9 Å². The van der Waals surface area contributed by atoms with E-state index in [1.165, 1.54) is 6.42 Å². The summed E-state index contributed by atoms with van der Waals surface area (Å²) in [4.78, 5) is 15.8. The van der Waals surface area contributed by atoms with E-state index >= 15 is 0 Å². The Morgan fingerprint density at radius 1 is 1.58 bits per heavy atom. The maximum absolute atomic E-state index is 11.8. The van der Waals surface area contributed by atoms with Gasteiger partial charge in [0.1, 0.15) is 5.15 Å². The van der Waals surface area contributed by atoms with Gasteiger partial charge in [-0.1, -0.05) is 11.6 Å². The van der Waals surface area contributed by atoms with E-state index in [9.17, 15) is 4.79 Å². The third-order valence-corrected chi connectivity index (χ3v) is 3.66. The molecule has 1 aliphatic heterocycles. The Morgan fingerprint density at radius 3 is 3.11 bits per heavy atom. The fourth-order valence-corrected chi connectivity index (χ4v) is 2.28. The van der Waals surface area contributed by atoms with Crippen LogP contribution in [0.4, 0.5) is 5.69 Å². The van der Waals surface area contributed by atoms with Gasteiger partial charge in [-0.2, -0.15) is 0 Å². The van der Waals surface area contributed by atoms with Gasteiger partial charge < -0.3 is 10.1 Å². The number of amides is 1. The second-order valence-corrected chi connectivity index (χ2v) is 5.27. The highest BCUT2D eigenvalue weighted by atomic mass is 35.5. The Labute approximate surface area is 118 Å². The molecule has 1 unspecified atom stereocenters. The SMILES string of the molecule is Cc1cc(NC(=O)CCC2CCCCO2)cnc1Cl. The summed E-state index contributed by atoms with van der Waals surface area (Å²) in [5, 5.41) is 3.30. The van der Waals surface area contributed by atoms with Crippen LogP contribution >= 0.6 is 11.6 Å². The van der Waals surface area contributed by atoms with Gasteiger partial charge in [0.2, 0.25) is 5.91 Å². The average Bonchev–Trinajstić information content (AvgIpc) is 2.42. The summed E-state index contributed by atoms with van der Waals surface area (Å²) < 4.78 is 5.60. The molecule has 2 rings (SSSR count). The monoisotopic (exact) mass is 282 g/mol. The summed E-state index contributed by atoms with van der Waals surface area (Å²) in [5.41, 5.74) is 1.55. The molecule has 1 aromatic heterocycles. The van der Waals surface area contributed by atoms with Crippen molar-refractivity contribution in [1.82, 2.24) is 4.98 Å². The average molecular weight is 283 g/mol. The van der Waals surface area contributed by atoms with E-state index in [4.69, 9.17) is 16.3 Å². The molecule has 0 radical (unpaired) electrons. The summed E-state index contributed by atoms with van der Waals surface area (Å²) in [5.74, 6) is -0.00213. The van der Waals surface area contributed by atoms with Crippen LogP contribution in [0, 0.1) is 6.92 Å². The van der Waals surface area contributed by atoms with Gasteiger partial charge in [0.25, 0.3) is 0 Å². The zero-order valence-corrected chi connectivity index (χ0v) is 11.9. The number of hydrogen-bond donors (Lipinski definition) is 1. The van der Waals surface area contributed by atoms with Crippen molar-refractivity contribution in [2.24, 2.45) is 0 Å². The zero-order valence-electron chi connectivity index (χ0n) is 11.1. The van der Waals surface area contributed by atoms with Crippen LogP contribution in [0.2, 0.25) is 5.15 Å². The van der Waals surface area contributed by atoms with E-state index in [0.29, 0.717) is 17.3 Å². The van der Waals surface area contributed by atoms with Crippen LogP contribution in [0.25, 0.3) is 0 Å². The number of anilines is 1. The first-order valence-electron chi connectivity index (χ1n) is 6.69. The molecule has 1 fully saturated rings. The van der Waals surface area contributed by atoms with E-state index < -0.39 is 0 Å². The van der Waals surface area contributed by atoms with Crippen molar-refractivity contribution in [3.05, 3.63) is 23.0 Å². The molecule has 0 bridgehead atoms. The van der Waals surface area contributed by atoms with Crippen LogP contribution in [0.1, 0.15) is 37.7 Å². The summed E-state index contributed by atoms with van der Waals surface area (Å²) in [6.07, 6.45) is 6.48. The lowest BCUT2D eigenvalue weighted by Gasteiger charge is -2.22. The predicted molar refractivity (Wildman–Crippen MR) is 75.4 cm³/mol. The molecule has 19 heavy (non-hydrogen) atoms. The number of ether oxygens (including phenoxy) is 1. The molecule has 1 N–H and O–H groups in total. The summed E-state index contributed by atoms with van der Waals surface area (Å²) in [6, 6.07) is 1.82. The molecule has 0 aliphatic carbocycles. The predicted octanol–water partition coefficient (Wildman–Crippen LogP) is 3.33. The Balaban J connectivity index is 1.78. The molecule has 0 saturated carbocycles. The second-order valence-electron chi connectivity index (χ2n) is 4.91. The Bertz CT molecular complexity index is 445. The highest BCUT2D eigenvalue weighted by Gasteiger charge is 2.15. The Morgan fingerprint density at radius 2 is 2.42 bits per heavy atom. The van der Waals surface area contributed by atoms with Crippen LogP contribution in [0.3, 0.4) is 0 Å². The van der Waals surface area contributed by atoms with Crippen molar-refractivity contribution in [2.45, 2.75) is 45.1 Å². The lowest BCUT2D eigenvalue weighted by molar-refractivity contribution is -0.117. The third kappa shape index (κ3) is 4.48. The maximum Gasteiger partial charge on any atom is 0.224 e. The number of nitrogens with zero attached hydrogens (tertiary/aromatic N) is 1.